The molecule has 0 aromatic carbocycles. The van der Waals surface area contributed by atoms with Crippen molar-refractivity contribution >= 4 is 17.8 Å². The molecule has 2 aromatic heterocycles. The average Bonchev–Trinajstić information content (AvgIpc) is 2.48. The summed E-state index contributed by atoms with van der Waals surface area (Å²) in [5.74, 6) is 0.578. The van der Waals surface area contributed by atoms with Crippen LogP contribution in [0.4, 0.5) is 5.82 Å². The van der Waals surface area contributed by atoms with Gasteiger partial charge in [-0.15, -0.1) is 0 Å². The van der Waals surface area contributed by atoms with Gasteiger partial charge in [0.05, 0.1) is 5.57 Å². The molecule has 2 aromatic rings. The lowest BCUT2D eigenvalue weighted by atomic mass is 10.2. The number of hydrogen-bond acceptors (Lipinski definition) is 6. The Bertz CT molecular complexity index is 705. The first kappa shape index (κ1) is 14.5. The second-order valence-electron chi connectivity index (χ2n) is 4.29. The third kappa shape index (κ3) is 3.79. The predicted molar refractivity (Wildman–Crippen MR) is 79.4 cm³/mol. The molecular weight excluding hydrogens is 268 g/mol. The monoisotopic (exact) mass is 282 g/mol. The van der Waals surface area contributed by atoms with Crippen molar-refractivity contribution in [1.82, 2.24) is 15.0 Å². The van der Waals surface area contributed by atoms with Crippen LogP contribution in [0.5, 0.6) is 0 Å². The van der Waals surface area contributed by atoms with Gasteiger partial charge in [-0.25, -0.2) is 15.0 Å². The van der Waals surface area contributed by atoms with Crippen molar-refractivity contribution in [1.29, 1.82) is 0 Å². The van der Waals surface area contributed by atoms with Crippen LogP contribution in [-0.2, 0) is 4.79 Å². The molecule has 0 aliphatic rings. The molecule has 0 bridgehead atoms. The van der Waals surface area contributed by atoms with Crippen LogP contribution >= 0.6 is 0 Å². The number of pyridine rings is 1. The number of Topliss-reactive ketones (excluding diaryl/α,β-unsaturated/α-hetero) is 1. The second-order valence-corrected chi connectivity index (χ2v) is 4.29. The molecule has 0 radical (unpaired) electrons. The molecule has 2 heterocycles. The number of aliphatic hydroxyl groups excluding tert-OH is 1. The van der Waals surface area contributed by atoms with Crippen LogP contribution in [0.25, 0.3) is 11.4 Å². The van der Waals surface area contributed by atoms with Crippen molar-refractivity contribution in [3.63, 3.8) is 0 Å². The Morgan fingerprint density at radius 3 is 2.52 bits per heavy atom. The summed E-state index contributed by atoms with van der Waals surface area (Å²) in [5.41, 5.74) is 0.974. The number of nitrogens with zero attached hydrogens (tertiary/aromatic N) is 4. The van der Waals surface area contributed by atoms with E-state index in [1.165, 1.54) is 20.1 Å². The first-order valence-corrected chi connectivity index (χ1v) is 6.26. The Morgan fingerprint density at radius 2 is 1.90 bits per heavy atom. The Labute approximate surface area is 121 Å². The summed E-state index contributed by atoms with van der Waals surface area (Å²) in [6.07, 6.45) is 6.19. The van der Waals surface area contributed by atoms with Gasteiger partial charge in [0.25, 0.3) is 0 Å². The van der Waals surface area contributed by atoms with Gasteiger partial charge >= 0.3 is 0 Å². The standard InChI is InChI=1S/C15H14N4O2/c1-10(20)13(11(2)21)9-18-14-5-8-17-15(19-14)12-3-6-16-7-4-12/h3-9,20H,1-2H3. The number of aromatic nitrogens is 3. The highest BCUT2D eigenvalue weighted by atomic mass is 16.3. The fourth-order valence-electron chi connectivity index (χ4n) is 1.63. The van der Waals surface area contributed by atoms with E-state index in [-0.39, 0.29) is 17.1 Å². The number of hydrogen-bond donors (Lipinski definition) is 1. The number of aliphatic imine (C=N–C) groups is 1. The summed E-state index contributed by atoms with van der Waals surface area (Å²) in [6.45, 7) is 2.80. The summed E-state index contributed by atoms with van der Waals surface area (Å²) >= 11 is 0. The number of rotatable bonds is 4. The van der Waals surface area contributed by atoms with E-state index < -0.39 is 0 Å². The molecular formula is C15H14N4O2. The molecule has 0 aliphatic carbocycles. The molecule has 1 N–H and O–H groups in total. The summed E-state index contributed by atoms with van der Waals surface area (Å²) in [5, 5.41) is 9.42. The van der Waals surface area contributed by atoms with Crippen molar-refractivity contribution < 1.29 is 9.90 Å². The molecule has 6 heteroatoms. The van der Waals surface area contributed by atoms with Crippen molar-refractivity contribution in [2.24, 2.45) is 4.99 Å². The summed E-state index contributed by atoms with van der Waals surface area (Å²) in [4.78, 5) is 27.8. The second kappa shape index (κ2) is 6.51. The maximum atomic E-state index is 11.3. The molecule has 0 aliphatic heterocycles. The molecule has 0 spiro atoms. The van der Waals surface area contributed by atoms with Gasteiger partial charge in [-0.1, -0.05) is 0 Å². The van der Waals surface area contributed by atoms with Crippen molar-refractivity contribution in [3.8, 4) is 11.4 Å². The van der Waals surface area contributed by atoms with Crippen LogP contribution in [0, 0.1) is 0 Å². The number of carbonyl (C=O) groups is 1. The third-order valence-corrected chi connectivity index (χ3v) is 2.67. The molecule has 0 amide bonds. The van der Waals surface area contributed by atoms with Crippen LogP contribution in [-0.4, -0.2) is 32.1 Å². The van der Waals surface area contributed by atoms with Crippen LogP contribution < -0.4 is 0 Å². The van der Waals surface area contributed by atoms with E-state index in [4.69, 9.17) is 0 Å². The first-order valence-electron chi connectivity index (χ1n) is 6.26. The van der Waals surface area contributed by atoms with Crippen LogP contribution in [0.3, 0.4) is 0 Å². The Kier molecular flexibility index (Phi) is 4.50. The molecule has 0 saturated heterocycles. The Hall–Kier alpha value is -2.89. The van der Waals surface area contributed by atoms with Gasteiger partial charge in [-0.05, 0) is 26.0 Å². The SMILES string of the molecule is CC(=O)C(C=Nc1ccnc(-c2ccncc2)n1)=C(C)O. The van der Waals surface area contributed by atoms with E-state index in [0.29, 0.717) is 11.6 Å². The molecule has 0 atom stereocenters. The smallest absolute Gasteiger partial charge is 0.164 e. The quantitative estimate of drug-likeness (QED) is 0.529. The minimum atomic E-state index is -0.262. The van der Waals surface area contributed by atoms with Crippen LogP contribution in [0.2, 0.25) is 0 Å². The molecule has 21 heavy (non-hydrogen) atoms. The maximum absolute atomic E-state index is 11.3. The van der Waals surface area contributed by atoms with Crippen LogP contribution in [0.1, 0.15) is 13.8 Å². The number of carbonyl (C=O) groups excluding carboxylic acids is 1. The zero-order valence-electron chi connectivity index (χ0n) is 11.7. The van der Waals surface area contributed by atoms with Crippen molar-refractivity contribution in [2.75, 3.05) is 0 Å². The minimum absolute atomic E-state index is 0.0744. The average molecular weight is 282 g/mol. The highest BCUT2D eigenvalue weighted by molar-refractivity contribution is 6.12. The first-order chi connectivity index (χ1) is 10.1. The maximum Gasteiger partial charge on any atom is 0.164 e. The molecule has 0 saturated carbocycles. The Morgan fingerprint density at radius 1 is 1.19 bits per heavy atom. The van der Waals surface area contributed by atoms with Crippen molar-refractivity contribution in [2.45, 2.75) is 13.8 Å². The minimum Gasteiger partial charge on any atom is -0.512 e. The van der Waals surface area contributed by atoms with E-state index in [1.54, 1.807) is 36.8 Å². The fourth-order valence-corrected chi connectivity index (χ4v) is 1.63. The number of ketones is 1. The summed E-state index contributed by atoms with van der Waals surface area (Å²) in [6, 6.07) is 5.20. The molecule has 6 nitrogen and oxygen atoms in total. The fraction of sp³-hybridized carbons (Fsp3) is 0.133. The molecule has 106 valence electrons. The van der Waals surface area contributed by atoms with Gasteiger partial charge in [0.15, 0.2) is 17.4 Å². The molecule has 0 unspecified atom stereocenters. The Balaban J connectivity index is 2.31. The van der Waals surface area contributed by atoms with Gasteiger partial charge in [-0.2, -0.15) is 0 Å². The van der Waals surface area contributed by atoms with E-state index in [2.05, 4.69) is 19.9 Å². The van der Waals surface area contributed by atoms with E-state index in [0.717, 1.165) is 5.56 Å². The lowest BCUT2D eigenvalue weighted by Gasteiger charge is -2.01. The van der Waals surface area contributed by atoms with Crippen LogP contribution in [0.15, 0.2) is 53.1 Å². The van der Waals surface area contributed by atoms with Gasteiger partial charge in [0, 0.05) is 36.4 Å². The highest BCUT2D eigenvalue weighted by Gasteiger charge is 2.05. The number of allylic oxidation sites excluding steroid dienone is 2. The van der Waals surface area contributed by atoms with E-state index >= 15 is 0 Å². The zero-order valence-corrected chi connectivity index (χ0v) is 11.7. The topological polar surface area (TPSA) is 88.3 Å². The predicted octanol–water partition coefficient (Wildman–Crippen LogP) is 2.66. The van der Waals surface area contributed by atoms with Gasteiger partial charge in [-0.3, -0.25) is 9.78 Å². The largest absolute Gasteiger partial charge is 0.512 e. The lowest BCUT2D eigenvalue weighted by Crippen LogP contribution is -2.01. The van der Waals surface area contributed by atoms with E-state index in [1.807, 2.05) is 0 Å². The normalized spacial score (nSPS) is 12.3. The summed E-state index contributed by atoms with van der Waals surface area (Å²) in [7, 11) is 0. The number of aliphatic hydroxyl groups is 1. The van der Waals surface area contributed by atoms with Crippen molar-refractivity contribution in [3.05, 3.63) is 48.1 Å². The summed E-state index contributed by atoms with van der Waals surface area (Å²) < 4.78 is 0. The molecule has 0 fully saturated rings. The highest BCUT2D eigenvalue weighted by Crippen LogP contribution is 2.16. The third-order valence-electron chi connectivity index (χ3n) is 2.67. The van der Waals surface area contributed by atoms with Gasteiger partial charge in [0.2, 0.25) is 0 Å². The molecule has 2 rings (SSSR count). The van der Waals surface area contributed by atoms with E-state index in [9.17, 15) is 9.90 Å². The lowest BCUT2D eigenvalue weighted by molar-refractivity contribution is -0.113. The van der Waals surface area contributed by atoms with Gasteiger partial charge in [0.1, 0.15) is 5.76 Å². The van der Waals surface area contributed by atoms with Gasteiger partial charge < -0.3 is 5.11 Å². The zero-order chi connectivity index (χ0) is 15.2.